The molecule has 0 aliphatic carbocycles. The Balaban J connectivity index is 1.53. The van der Waals surface area contributed by atoms with E-state index in [1.54, 1.807) is 6.92 Å². The predicted octanol–water partition coefficient (Wildman–Crippen LogP) is 2.73. The van der Waals surface area contributed by atoms with Crippen molar-refractivity contribution in [2.24, 2.45) is 0 Å². The summed E-state index contributed by atoms with van der Waals surface area (Å²) in [6, 6.07) is 12.1. The zero-order chi connectivity index (χ0) is 19.6. The van der Waals surface area contributed by atoms with Crippen molar-refractivity contribution in [3.05, 3.63) is 59.9 Å². The Bertz CT molecular complexity index is 739. The van der Waals surface area contributed by atoms with E-state index in [0.717, 1.165) is 57.0 Å². The second-order valence-electron chi connectivity index (χ2n) is 6.97. The molecule has 6 heteroatoms. The summed E-state index contributed by atoms with van der Waals surface area (Å²) in [5.74, 6) is 0.421. The Morgan fingerprint density at radius 1 is 1.04 bits per heavy atom. The highest BCUT2D eigenvalue weighted by Gasteiger charge is 2.17. The normalized spacial score (nSPS) is 15.8. The summed E-state index contributed by atoms with van der Waals surface area (Å²) in [6.07, 6.45) is 4.89. The molecule has 0 amide bonds. The average molecular weight is 383 g/mol. The summed E-state index contributed by atoms with van der Waals surface area (Å²) in [7, 11) is 0. The standard InChI is InChI=1S/C22H29N3O3/c1-2-27-22(26)18-28-21-9-4-3-8-20(21)17-25-12-6-11-24(13-14-25)16-19-7-5-10-23-15-19/h3-5,7-10,15H,2,6,11-14,16-18H2,1H3. The molecular weight excluding hydrogens is 354 g/mol. The molecule has 0 radical (unpaired) electrons. The lowest BCUT2D eigenvalue weighted by Gasteiger charge is -2.22. The van der Waals surface area contributed by atoms with E-state index in [9.17, 15) is 4.79 Å². The number of para-hydroxylation sites is 1. The smallest absolute Gasteiger partial charge is 0.344 e. The molecule has 1 aliphatic heterocycles. The van der Waals surface area contributed by atoms with Crippen LogP contribution < -0.4 is 4.74 Å². The average Bonchev–Trinajstić information content (AvgIpc) is 2.93. The topological polar surface area (TPSA) is 54.9 Å². The Hall–Kier alpha value is -2.44. The van der Waals surface area contributed by atoms with Gasteiger partial charge in [0.1, 0.15) is 5.75 Å². The molecule has 0 spiro atoms. The van der Waals surface area contributed by atoms with E-state index < -0.39 is 0 Å². The fraction of sp³-hybridized carbons (Fsp3) is 0.455. The van der Waals surface area contributed by atoms with Gasteiger partial charge in [0.15, 0.2) is 6.61 Å². The first-order valence-electron chi connectivity index (χ1n) is 9.94. The minimum absolute atomic E-state index is 0.0518. The van der Waals surface area contributed by atoms with E-state index >= 15 is 0 Å². The van der Waals surface area contributed by atoms with Crippen molar-refractivity contribution in [2.75, 3.05) is 39.4 Å². The number of rotatable bonds is 8. The van der Waals surface area contributed by atoms with Gasteiger partial charge in [-0.1, -0.05) is 24.3 Å². The monoisotopic (exact) mass is 383 g/mol. The highest BCUT2D eigenvalue weighted by Crippen LogP contribution is 2.21. The molecule has 1 aromatic heterocycles. The third kappa shape index (κ3) is 6.32. The Morgan fingerprint density at radius 3 is 2.57 bits per heavy atom. The Kier molecular flexibility index (Phi) is 7.82. The minimum atomic E-state index is -0.335. The first kappa shape index (κ1) is 20.3. The third-order valence-corrected chi connectivity index (χ3v) is 4.83. The van der Waals surface area contributed by atoms with Gasteiger partial charge in [0, 0.05) is 44.1 Å². The number of hydrogen-bond acceptors (Lipinski definition) is 6. The highest BCUT2D eigenvalue weighted by molar-refractivity contribution is 5.71. The molecule has 0 unspecified atom stereocenters. The molecule has 2 heterocycles. The second-order valence-corrected chi connectivity index (χ2v) is 6.97. The maximum Gasteiger partial charge on any atom is 0.344 e. The van der Waals surface area contributed by atoms with E-state index in [0.29, 0.717) is 6.61 Å². The molecule has 1 fully saturated rings. The number of aromatic nitrogens is 1. The lowest BCUT2D eigenvalue weighted by atomic mass is 10.2. The molecule has 1 aromatic carbocycles. The number of benzene rings is 1. The van der Waals surface area contributed by atoms with Crippen LogP contribution in [0.4, 0.5) is 0 Å². The molecule has 0 N–H and O–H groups in total. The number of pyridine rings is 1. The van der Waals surface area contributed by atoms with Crippen molar-refractivity contribution in [1.82, 2.24) is 14.8 Å². The summed E-state index contributed by atoms with van der Waals surface area (Å²) in [5, 5.41) is 0. The molecule has 1 saturated heterocycles. The second kappa shape index (κ2) is 10.8. The predicted molar refractivity (Wildman–Crippen MR) is 108 cm³/mol. The first-order chi connectivity index (χ1) is 13.7. The zero-order valence-corrected chi connectivity index (χ0v) is 16.5. The SMILES string of the molecule is CCOC(=O)COc1ccccc1CN1CCCN(Cc2cccnc2)CC1. The molecule has 0 bridgehead atoms. The number of ether oxygens (including phenoxy) is 2. The quantitative estimate of drug-likeness (QED) is 0.654. The molecule has 6 nitrogen and oxygen atoms in total. The number of nitrogens with zero attached hydrogens (tertiary/aromatic N) is 3. The Labute approximate surface area is 167 Å². The summed E-state index contributed by atoms with van der Waals surface area (Å²) < 4.78 is 10.7. The van der Waals surface area contributed by atoms with Crippen molar-refractivity contribution in [3.63, 3.8) is 0 Å². The van der Waals surface area contributed by atoms with E-state index in [1.165, 1.54) is 5.56 Å². The van der Waals surface area contributed by atoms with Gasteiger partial charge in [-0.15, -0.1) is 0 Å². The molecule has 1 aliphatic rings. The molecular formula is C22H29N3O3. The first-order valence-corrected chi connectivity index (χ1v) is 9.94. The van der Waals surface area contributed by atoms with Crippen molar-refractivity contribution < 1.29 is 14.3 Å². The molecule has 28 heavy (non-hydrogen) atoms. The molecule has 3 rings (SSSR count). The van der Waals surface area contributed by atoms with Crippen molar-refractivity contribution in [2.45, 2.75) is 26.4 Å². The van der Waals surface area contributed by atoms with Crippen LogP contribution in [-0.4, -0.2) is 60.1 Å². The van der Waals surface area contributed by atoms with Crippen LogP contribution in [-0.2, 0) is 22.6 Å². The van der Waals surface area contributed by atoms with E-state index in [1.807, 2.05) is 36.7 Å². The van der Waals surface area contributed by atoms with Gasteiger partial charge < -0.3 is 9.47 Å². The summed E-state index contributed by atoms with van der Waals surface area (Å²) >= 11 is 0. The fourth-order valence-corrected chi connectivity index (χ4v) is 3.45. The summed E-state index contributed by atoms with van der Waals surface area (Å²) in [6.45, 7) is 8.05. The number of hydrogen-bond donors (Lipinski definition) is 0. The maximum atomic E-state index is 11.6. The van der Waals surface area contributed by atoms with Gasteiger partial charge in [0.05, 0.1) is 6.61 Å². The summed E-state index contributed by atoms with van der Waals surface area (Å²) in [5.41, 5.74) is 2.36. The molecule has 0 saturated carbocycles. The van der Waals surface area contributed by atoms with Gasteiger partial charge in [-0.05, 0) is 44.1 Å². The summed E-state index contributed by atoms with van der Waals surface area (Å²) in [4.78, 5) is 20.7. The molecule has 150 valence electrons. The minimum Gasteiger partial charge on any atom is -0.482 e. The molecule has 2 aromatic rings. The number of esters is 1. The highest BCUT2D eigenvalue weighted by atomic mass is 16.6. The molecule has 0 atom stereocenters. The van der Waals surface area contributed by atoms with Crippen LogP contribution in [0.15, 0.2) is 48.8 Å². The largest absolute Gasteiger partial charge is 0.482 e. The van der Waals surface area contributed by atoms with Gasteiger partial charge in [0.2, 0.25) is 0 Å². The van der Waals surface area contributed by atoms with Crippen molar-refractivity contribution in [1.29, 1.82) is 0 Å². The lowest BCUT2D eigenvalue weighted by molar-refractivity contribution is -0.145. The van der Waals surface area contributed by atoms with Crippen LogP contribution in [0.5, 0.6) is 5.75 Å². The van der Waals surface area contributed by atoms with Gasteiger partial charge in [-0.2, -0.15) is 0 Å². The number of carbonyl (C=O) groups excluding carboxylic acids is 1. The van der Waals surface area contributed by atoms with Crippen LogP contribution in [0.25, 0.3) is 0 Å². The van der Waals surface area contributed by atoms with Crippen molar-refractivity contribution in [3.8, 4) is 5.75 Å². The third-order valence-electron chi connectivity index (χ3n) is 4.83. The number of carbonyl (C=O) groups is 1. The van der Waals surface area contributed by atoms with E-state index in [2.05, 4.69) is 26.9 Å². The fourth-order valence-electron chi connectivity index (χ4n) is 3.45. The van der Waals surface area contributed by atoms with Crippen molar-refractivity contribution >= 4 is 5.97 Å². The van der Waals surface area contributed by atoms with Crippen LogP contribution in [0, 0.1) is 0 Å². The van der Waals surface area contributed by atoms with Gasteiger partial charge in [0.25, 0.3) is 0 Å². The van der Waals surface area contributed by atoms with Gasteiger partial charge >= 0.3 is 5.97 Å². The maximum absolute atomic E-state index is 11.6. The van der Waals surface area contributed by atoms with Crippen LogP contribution in [0.3, 0.4) is 0 Å². The van der Waals surface area contributed by atoms with Crippen LogP contribution in [0.1, 0.15) is 24.5 Å². The van der Waals surface area contributed by atoms with Crippen LogP contribution in [0.2, 0.25) is 0 Å². The van der Waals surface area contributed by atoms with Crippen LogP contribution >= 0.6 is 0 Å². The van der Waals surface area contributed by atoms with E-state index in [4.69, 9.17) is 9.47 Å². The Morgan fingerprint density at radius 2 is 1.82 bits per heavy atom. The van der Waals surface area contributed by atoms with Gasteiger partial charge in [-0.3, -0.25) is 14.8 Å². The lowest BCUT2D eigenvalue weighted by Crippen LogP contribution is -2.30. The zero-order valence-electron chi connectivity index (χ0n) is 16.5. The van der Waals surface area contributed by atoms with Gasteiger partial charge in [-0.25, -0.2) is 4.79 Å². The van der Waals surface area contributed by atoms with E-state index in [-0.39, 0.29) is 12.6 Å².